The number of nitrogens with two attached hydrogens (primary N) is 1. The zero-order valence-corrected chi connectivity index (χ0v) is 31.9. The second kappa shape index (κ2) is 19.4. The second-order valence-electron chi connectivity index (χ2n) is 13.9. The number of nitrogens with one attached hydrogen (secondary N) is 4. The summed E-state index contributed by atoms with van der Waals surface area (Å²) in [6.45, 7) is 23.5. The molecule has 4 unspecified atom stereocenters. The zero-order chi connectivity index (χ0) is 36.9. The molecule has 0 radical (unpaired) electrons. The van der Waals surface area contributed by atoms with E-state index in [1.807, 2.05) is 38.1 Å². The molecule has 9 nitrogen and oxygen atoms in total. The summed E-state index contributed by atoms with van der Waals surface area (Å²) in [5.74, 6) is 1.96. The van der Waals surface area contributed by atoms with Gasteiger partial charge in [-0.05, 0) is 93.7 Å². The van der Waals surface area contributed by atoms with E-state index in [0.717, 1.165) is 42.6 Å². The maximum absolute atomic E-state index is 13.3. The summed E-state index contributed by atoms with van der Waals surface area (Å²) in [5, 5.41) is 20.8. The summed E-state index contributed by atoms with van der Waals surface area (Å²) in [7, 11) is 1.60. The quantitative estimate of drug-likeness (QED) is 0.107. The van der Waals surface area contributed by atoms with Crippen LogP contribution in [0.15, 0.2) is 65.5 Å². The topological polar surface area (TPSA) is 134 Å². The number of hydrogen-bond acceptors (Lipinski definition) is 5. The number of carbonyl (C=O) groups excluding carboxylic acids is 2. The van der Waals surface area contributed by atoms with Crippen LogP contribution in [0.3, 0.4) is 0 Å². The fourth-order valence-corrected chi connectivity index (χ4v) is 6.68. The van der Waals surface area contributed by atoms with E-state index in [1.54, 1.807) is 13.1 Å². The predicted octanol–water partition coefficient (Wildman–Crippen LogP) is 4.03. The Kier molecular flexibility index (Phi) is 16.3. The Hall–Kier alpha value is -3.85. The molecule has 272 valence electrons. The number of rotatable bonds is 8. The molecule has 1 aromatic carbocycles. The third-order valence-electron chi connectivity index (χ3n) is 9.56. The summed E-state index contributed by atoms with van der Waals surface area (Å²) in [4.78, 5) is 30.1. The van der Waals surface area contributed by atoms with Gasteiger partial charge in [-0.2, -0.15) is 0 Å². The first-order valence-electron chi connectivity index (χ1n) is 18.1. The number of amides is 2. The van der Waals surface area contributed by atoms with Crippen molar-refractivity contribution < 1.29 is 19.7 Å². The van der Waals surface area contributed by atoms with Gasteiger partial charge in [-0.1, -0.05) is 71.9 Å². The smallest absolute Gasteiger partial charge is 0.251 e. The lowest BCUT2D eigenvalue weighted by Crippen LogP contribution is -2.92. The molecule has 3 aliphatic rings. The van der Waals surface area contributed by atoms with Gasteiger partial charge in [0.05, 0.1) is 12.6 Å². The molecule has 2 saturated heterocycles. The van der Waals surface area contributed by atoms with E-state index < -0.39 is 11.6 Å². The Morgan fingerprint density at radius 2 is 1.84 bits per heavy atom. The van der Waals surface area contributed by atoms with Crippen LogP contribution >= 0.6 is 0 Å². The number of amidine groups is 1. The lowest BCUT2D eigenvalue weighted by Gasteiger charge is -2.47. The molecule has 2 heterocycles. The zero-order valence-electron chi connectivity index (χ0n) is 31.9. The maximum atomic E-state index is 13.3. The van der Waals surface area contributed by atoms with Crippen molar-refractivity contribution in [2.45, 2.75) is 125 Å². The monoisotopic (exact) mass is 678 g/mol. The van der Waals surface area contributed by atoms with Crippen LogP contribution in [0.25, 0.3) is 0 Å². The molecular weight excluding hydrogens is 612 g/mol. The largest absolute Gasteiger partial charge is 0.388 e. The minimum Gasteiger partial charge on any atom is -0.388 e. The van der Waals surface area contributed by atoms with Crippen molar-refractivity contribution >= 4 is 17.6 Å². The number of fused-ring (bicyclic) bond motifs is 2. The van der Waals surface area contributed by atoms with Gasteiger partial charge in [0.1, 0.15) is 23.5 Å². The first-order valence-corrected chi connectivity index (χ1v) is 18.1. The summed E-state index contributed by atoms with van der Waals surface area (Å²) in [6.07, 6.45) is 11.2. The van der Waals surface area contributed by atoms with Crippen LogP contribution in [0.4, 0.5) is 0 Å². The van der Waals surface area contributed by atoms with Crippen LogP contribution in [0.5, 0.6) is 0 Å². The van der Waals surface area contributed by atoms with Gasteiger partial charge in [0.25, 0.3) is 5.91 Å². The normalized spacial score (nSPS) is 23.3. The Morgan fingerprint density at radius 3 is 2.41 bits per heavy atom. The number of allylic oxidation sites excluding steroid dienone is 4. The number of hydrogen-bond donors (Lipinski definition) is 6. The number of likely N-dealkylation sites (N-methyl/N-ethyl adjacent to an activating group) is 1. The molecule has 49 heavy (non-hydrogen) atoms. The van der Waals surface area contributed by atoms with Crippen molar-refractivity contribution in [2.75, 3.05) is 20.1 Å². The van der Waals surface area contributed by atoms with Gasteiger partial charge in [-0.15, -0.1) is 0 Å². The van der Waals surface area contributed by atoms with E-state index in [-0.39, 0.29) is 23.9 Å². The molecule has 1 aromatic rings. The molecule has 0 spiro atoms. The summed E-state index contributed by atoms with van der Waals surface area (Å²) in [5.41, 5.74) is 11.6. The average molecular weight is 678 g/mol. The number of nitrogens with zero attached hydrogens (tertiary/aromatic N) is 1. The third kappa shape index (κ3) is 10.3. The minimum absolute atomic E-state index is 0.0906. The molecule has 7 N–H and O–H groups in total. The highest BCUT2D eigenvalue weighted by Crippen LogP contribution is 2.37. The number of aliphatic hydroxyl groups is 1. The van der Waals surface area contributed by atoms with Gasteiger partial charge >= 0.3 is 0 Å². The number of aryl methyl sites for hydroxylation is 1. The molecule has 9 heteroatoms. The van der Waals surface area contributed by atoms with Crippen LogP contribution in [0, 0.1) is 5.92 Å². The number of benzene rings is 1. The Bertz CT molecular complexity index is 1420. The van der Waals surface area contributed by atoms with Crippen LogP contribution in [0.1, 0.15) is 109 Å². The second-order valence-corrected chi connectivity index (χ2v) is 13.9. The molecule has 4 rings (SSSR count). The highest BCUT2D eigenvalue weighted by Gasteiger charge is 2.59. The molecule has 0 bridgehead atoms. The van der Waals surface area contributed by atoms with Crippen molar-refractivity contribution in [3.8, 4) is 0 Å². The Balaban J connectivity index is 0.000000412. The van der Waals surface area contributed by atoms with E-state index in [9.17, 15) is 14.7 Å². The average Bonchev–Trinajstić information content (AvgIpc) is 3.34. The molecule has 2 aliphatic heterocycles. The SMILES string of the molecule is C=C(/C=C\C(=C/C)C(C)C)C(=O)NC.CCC.CCC(N)=[NH+]C1CNC(=C(C)C)N2CC(NC(=O)c3cccc4c3CCCC4)C(O)C12C. The molecule has 1 aliphatic carbocycles. The fraction of sp³-hybridized carbons (Fsp3) is 0.575. The molecule has 0 saturated carbocycles. The number of aliphatic hydroxyl groups excluding tert-OH is 1. The summed E-state index contributed by atoms with van der Waals surface area (Å²) >= 11 is 0. The Morgan fingerprint density at radius 1 is 1.18 bits per heavy atom. The number of carbonyl (C=O) groups is 2. The van der Waals surface area contributed by atoms with Gasteiger partial charge in [-0.3, -0.25) is 20.3 Å². The van der Waals surface area contributed by atoms with Crippen LogP contribution < -0.4 is 26.7 Å². The van der Waals surface area contributed by atoms with Crippen molar-refractivity contribution in [2.24, 2.45) is 11.7 Å². The standard InChI is InChI=1S/C25H37N5O2.C12H19NO.C3H8/c1-5-21(26)29-20-13-27-23(15(2)3)30-14-19(22(31)25(20,30)4)28-24(32)18-12-8-10-16-9-6-7-11-17(16)18;1-6-11(9(2)3)8-7-10(4)12(14)13-5;1-3-2/h8,10,12,19-20,22,27,31H,5-7,9,11,13-14H2,1-4H3,(H2,26,29)(H,28,32);6-9H,4H2,1-3,5H3,(H,13,14);3H2,1-2H3/p+1/b;8-7-,11-6+;. The minimum atomic E-state index is -0.746. The molecule has 2 amide bonds. The third-order valence-corrected chi connectivity index (χ3v) is 9.56. The first kappa shape index (κ1) is 41.3. The predicted molar refractivity (Wildman–Crippen MR) is 203 cm³/mol. The van der Waals surface area contributed by atoms with E-state index >= 15 is 0 Å². The van der Waals surface area contributed by atoms with Gasteiger partial charge < -0.3 is 26.0 Å². The van der Waals surface area contributed by atoms with Crippen LogP contribution in [-0.2, 0) is 17.6 Å². The van der Waals surface area contributed by atoms with E-state index in [1.165, 1.54) is 29.5 Å². The van der Waals surface area contributed by atoms with Gasteiger partial charge in [-0.25, -0.2) is 0 Å². The lowest BCUT2D eigenvalue weighted by molar-refractivity contribution is -0.525. The van der Waals surface area contributed by atoms with Crippen LogP contribution in [0.2, 0.25) is 0 Å². The fourth-order valence-electron chi connectivity index (χ4n) is 6.68. The van der Waals surface area contributed by atoms with Crippen LogP contribution in [-0.4, -0.2) is 71.5 Å². The molecule has 2 fully saturated rings. The van der Waals surface area contributed by atoms with Gasteiger partial charge in [0.15, 0.2) is 0 Å². The highest BCUT2D eigenvalue weighted by molar-refractivity contribution is 5.96. The lowest BCUT2D eigenvalue weighted by atomic mass is 9.83. The molecule has 4 atom stereocenters. The summed E-state index contributed by atoms with van der Waals surface area (Å²) < 4.78 is 0. The van der Waals surface area contributed by atoms with Gasteiger partial charge in [0, 0.05) is 31.1 Å². The van der Waals surface area contributed by atoms with Crippen molar-refractivity contribution in [1.82, 2.24) is 20.9 Å². The van der Waals surface area contributed by atoms with E-state index in [0.29, 0.717) is 30.4 Å². The molecule has 0 aromatic heterocycles. The van der Waals surface area contributed by atoms with E-state index in [4.69, 9.17) is 5.73 Å². The maximum Gasteiger partial charge on any atom is 0.251 e. The van der Waals surface area contributed by atoms with Crippen molar-refractivity contribution in [3.63, 3.8) is 0 Å². The van der Waals surface area contributed by atoms with Gasteiger partial charge in [0.2, 0.25) is 11.7 Å². The molecular formula is C40H65N6O3+. The van der Waals surface area contributed by atoms with Crippen molar-refractivity contribution in [1.29, 1.82) is 0 Å². The first-order chi connectivity index (χ1) is 23.2. The van der Waals surface area contributed by atoms with E-state index in [2.05, 4.69) is 87.0 Å². The highest BCUT2D eigenvalue weighted by atomic mass is 16.3. The van der Waals surface area contributed by atoms with Crippen molar-refractivity contribution in [3.05, 3.63) is 82.2 Å². The summed E-state index contributed by atoms with van der Waals surface area (Å²) in [6, 6.07) is 5.55. The Labute approximate surface area is 296 Å².